The lowest BCUT2D eigenvalue weighted by atomic mass is 9.73. The highest BCUT2D eigenvalue weighted by molar-refractivity contribution is 5.97. The van der Waals surface area contributed by atoms with E-state index in [4.69, 9.17) is 5.73 Å². The molecule has 3 unspecified atom stereocenters. The van der Waals surface area contributed by atoms with Crippen LogP contribution >= 0.6 is 0 Å². The molecule has 1 aromatic carbocycles. The van der Waals surface area contributed by atoms with Gasteiger partial charge < -0.3 is 5.73 Å². The van der Waals surface area contributed by atoms with Crippen molar-refractivity contribution >= 4 is 5.78 Å². The van der Waals surface area contributed by atoms with Gasteiger partial charge in [-0.25, -0.2) is 0 Å². The first-order valence-electron chi connectivity index (χ1n) is 7.45. The van der Waals surface area contributed by atoms with Gasteiger partial charge in [-0.3, -0.25) is 4.79 Å². The third-order valence-electron chi connectivity index (χ3n) is 4.64. The van der Waals surface area contributed by atoms with Gasteiger partial charge in [0.2, 0.25) is 0 Å². The van der Waals surface area contributed by atoms with Gasteiger partial charge in [0.05, 0.1) is 0 Å². The molecule has 19 heavy (non-hydrogen) atoms. The SMILES string of the molecule is CC1CCC(C(=O)c2ccc(CCN)cc2)CC1C. The van der Waals surface area contributed by atoms with Crippen LogP contribution in [0.4, 0.5) is 0 Å². The van der Waals surface area contributed by atoms with E-state index in [0.717, 1.165) is 30.7 Å². The standard InChI is InChI=1S/C17H25NO/c1-12-3-6-16(11-13(12)2)17(19)15-7-4-14(5-8-15)9-10-18/h4-5,7-8,12-13,16H,3,6,9-11,18H2,1-2H3. The fourth-order valence-corrected chi connectivity index (χ4v) is 3.02. The highest BCUT2D eigenvalue weighted by atomic mass is 16.1. The maximum Gasteiger partial charge on any atom is 0.165 e. The van der Waals surface area contributed by atoms with Crippen LogP contribution in [0.3, 0.4) is 0 Å². The molecule has 0 radical (unpaired) electrons. The van der Waals surface area contributed by atoms with Gasteiger partial charge in [0.25, 0.3) is 0 Å². The summed E-state index contributed by atoms with van der Waals surface area (Å²) in [5.74, 6) is 1.99. The first-order valence-corrected chi connectivity index (χ1v) is 7.45. The molecular weight excluding hydrogens is 234 g/mol. The minimum atomic E-state index is 0.228. The second kappa shape index (κ2) is 6.33. The lowest BCUT2D eigenvalue weighted by Crippen LogP contribution is -2.26. The van der Waals surface area contributed by atoms with Crippen LogP contribution in [0.15, 0.2) is 24.3 Å². The molecule has 2 N–H and O–H groups in total. The third-order valence-corrected chi connectivity index (χ3v) is 4.64. The van der Waals surface area contributed by atoms with Gasteiger partial charge in [-0.1, -0.05) is 38.1 Å². The predicted octanol–water partition coefficient (Wildman–Crippen LogP) is 3.44. The van der Waals surface area contributed by atoms with Gasteiger partial charge in [0.15, 0.2) is 5.78 Å². The zero-order valence-electron chi connectivity index (χ0n) is 12.1. The second-order valence-corrected chi connectivity index (χ2v) is 6.06. The van der Waals surface area contributed by atoms with Crippen LogP contribution in [0.2, 0.25) is 0 Å². The zero-order chi connectivity index (χ0) is 13.8. The Kier molecular flexibility index (Phi) is 4.76. The van der Waals surface area contributed by atoms with Gasteiger partial charge in [-0.05, 0) is 49.6 Å². The molecule has 0 bridgehead atoms. The highest BCUT2D eigenvalue weighted by Crippen LogP contribution is 2.34. The Labute approximate surface area is 116 Å². The molecule has 1 saturated carbocycles. The molecule has 1 aliphatic rings. The van der Waals surface area contributed by atoms with E-state index >= 15 is 0 Å². The van der Waals surface area contributed by atoms with Crippen LogP contribution in [-0.4, -0.2) is 12.3 Å². The van der Waals surface area contributed by atoms with E-state index in [1.807, 2.05) is 24.3 Å². The number of hydrogen-bond donors (Lipinski definition) is 1. The van der Waals surface area contributed by atoms with Crippen LogP contribution in [0, 0.1) is 17.8 Å². The van der Waals surface area contributed by atoms with Gasteiger partial charge in [0, 0.05) is 11.5 Å². The number of carbonyl (C=O) groups is 1. The summed E-state index contributed by atoms with van der Waals surface area (Å²) in [5.41, 5.74) is 7.62. The maximum atomic E-state index is 12.5. The van der Waals surface area contributed by atoms with Gasteiger partial charge in [-0.15, -0.1) is 0 Å². The number of hydrogen-bond acceptors (Lipinski definition) is 2. The van der Waals surface area contributed by atoms with Crippen molar-refractivity contribution in [2.24, 2.45) is 23.5 Å². The number of benzene rings is 1. The Morgan fingerprint density at radius 1 is 1.16 bits per heavy atom. The molecule has 2 rings (SSSR count). The van der Waals surface area contributed by atoms with Crippen molar-refractivity contribution in [1.29, 1.82) is 0 Å². The monoisotopic (exact) mass is 259 g/mol. The van der Waals surface area contributed by atoms with Crippen LogP contribution in [0.25, 0.3) is 0 Å². The van der Waals surface area contributed by atoms with E-state index < -0.39 is 0 Å². The summed E-state index contributed by atoms with van der Waals surface area (Å²) >= 11 is 0. The number of nitrogens with two attached hydrogens (primary N) is 1. The molecule has 2 nitrogen and oxygen atoms in total. The lowest BCUT2D eigenvalue weighted by molar-refractivity contribution is 0.0837. The lowest BCUT2D eigenvalue weighted by Gasteiger charge is -2.31. The summed E-state index contributed by atoms with van der Waals surface area (Å²) in [5, 5.41) is 0. The Bertz CT molecular complexity index is 423. The summed E-state index contributed by atoms with van der Waals surface area (Å²) < 4.78 is 0. The van der Waals surface area contributed by atoms with E-state index in [-0.39, 0.29) is 5.92 Å². The maximum absolute atomic E-state index is 12.5. The summed E-state index contributed by atoms with van der Waals surface area (Å²) in [4.78, 5) is 12.5. The van der Waals surface area contributed by atoms with E-state index in [0.29, 0.717) is 18.2 Å². The molecule has 0 heterocycles. The fraction of sp³-hybridized carbons (Fsp3) is 0.588. The second-order valence-electron chi connectivity index (χ2n) is 6.06. The normalized spacial score (nSPS) is 27.2. The van der Waals surface area contributed by atoms with Crippen molar-refractivity contribution < 1.29 is 4.79 Å². The summed E-state index contributed by atoms with van der Waals surface area (Å²) in [6.07, 6.45) is 4.16. The molecule has 1 aromatic rings. The van der Waals surface area contributed by atoms with Crippen molar-refractivity contribution in [3.8, 4) is 0 Å². The Morgan fingerprint density at radius 2 is 1.84 bits per heavy atom. The molecule has 104 valence electrons. The first kappa shape index (κ1) is 14.3. The van der Waals surface area contributed by atoms with E-state index in [2.05, 4.69) is 13.8 Å². The molecule has 2 heteroatoms. The molecule has 0 saturated heterocycles. The van der Waals surface area contributed by atoms with Crippen molar-refractivity contribution in [3.63, 3.8) is 0 Å². The van der Waals surface area contributed by atoms with Crippen molar-refractivity contribution in [3.05, 3.63) is 35.4 Å². The number of Topliss-reactive ketones (excluding diaryl/α,β-unsaturated/α-hetero) is 1. The smallest absolute Gasteiger partial charge is 0.165 e. The Balaban J connectivity index is 2.03. The van der Waals surface area contributed by atoms with Crippen molar-refractivity contribution in [1.82, 2.24) is 0 Å². The topological polar surface area (TPSA) is 43.1 Å². The van der Waals surface area contributed by atoms with E-state index in [9.17, 15) is 4.79 Å². The van der Waals surface area contributed by atoms with Crippen LogP contribution in [0.5, 0.6) is 0 Å². The van der Waals surface area contributed by atoms with Gasteiger partial charge in [-0.2, -0.15) is 0 Å². The molecule has 0 spiro atoms. The van der Waals surface area contributed by atoms with Gasteiger partial charge in [0.1, 0.15) is 0 Å². The van der Waals surface area contributed by atoms with E-state index in [1.165, 1.54) is 12.0 Å². The quantitative estimate of drug-likeness (QED) is 0.842. The average Bonchev–Trinajstić information content (AvgIpc) is 2.42. The first-order chi connectivity index (χ1) is 9.11. The average molecular weight is 259 g/mol. The zero-order valence-corrected chi connectivity index (χ0v) is 12.1. The minimum absolute atomic E-state index is 0.228. The molecule has 1 fully saturated rings. The van der Waals surface area contributed by atoms with Crippen molar-refractivity contribution in [2.45, 2.75) is 39.5 Å². The number of ketones is 1. The highest BCUT2D eigenvalue weighted by Gasteiger charge is 2.29. The molecule has 1 aliphatic carbocycles. The summed E-state index contributed by atoms with van der Waals surface area (Å²) in [7, 11) is 0. The fourth-order valence-electron chi connectivity index (χ4n) is 3.02. The largest absolute Gasteiger partial charge is 0.330 e. The van der Waals surface area contributed by atoms with Crippen LogP contribution in [-0.2, 0) is 6.42 Å². The Morgan fingerprint density at radius 3 is 2.42 bits per heavy atom. The molecule has 0 aromatic heterocycles. The molecule has 0 amide bonds. The van der Waals surface area contributed by atoms with Crippen molar-refractivity contribution in [2.75, 3.05) is 6.54 Å². The predicted molar refractivity (Wildman–Crippen MR) is 79.2 cm³/mol. The molecule has 0 aliphatic heterocycles. The van der Waals surface area contributed by atoms with Crippen LogP contribution < -0.4 is 5.73 Å². The molecular formula is C17H25NO. The van der Waals surface area contributed by atoms with Crippen LogP contribution in [0.1, 0.15) is 49.0 Å². The number of carbonyl (C=O) groups excluding carboxylic acids is 1. The van der Waals surface area contributed by atoms with E-state index in [1.54, 1.807) is 0 Å². The molecule has 3 atom stereocenters. The number of rotatable bonds is 4. The minimum Gasteiger partial charge on any atom is -0.330 e. The third kappa shape index (κ3) is 3.44. The Hall–Kier alpha value is -1.15. The summed E-state index contributed by atoms with van der Waals surface area (Å²) in [6.45, 7) is 5.23. The summed E-state index contributed by atoms with van der Waals surface area (Å²) in [6, 6.07) is 8.01. The van der Waals surface area contributed by atoms with Gasteiger partial charge >= 0.3 is 0 Å².